The molecule has 1 aliphatic rings. The summed E-state index contributed by atoms with van der Waals surface area (Å²) in [5, 5.41) is 14.5. The van der Waals surface area contributed by atoms with Gasteiger partial charge in [-0.1, -0.05) is 20.8 Å². The highest BCUT2D eigenvalue weighted by Crippen LogP contribution is 2.38. The smallest absolute Gasteiger partial charge is 0.352 e. The number of nitrogens with zero attached hydrogens (tertiary/aromatic N) is 2. The first-order valence-corrected chi connectivity index (χ1v) is 13.1. The maximum absolute atomic E-state index is 13.4. The molecule has 3 amide bonds. The minimum atomic E-state index is -0.976. The van der Waals surface area contributed by atoms with Crippen LogP contribution < -0.4 is 15.2 Å². The number of carbonyl (C=O) groups is 4. The Morgan fingerprint density at radius 1 is 1.10 bits per heavy atom. The quantitative estimate of drug-likeness (QED) is 0.207. The van der Waals surface area contributed by atoms with Crippen LogP contribution in [0.15, 0.2) is 24.3 Å². The van der Waals surface area contributed by atoms with Crippen molar-refractivity contribution in [1.82, 2.24) is 10.4 Å². The Labute approximate surface area is 230 Å². The summed E-state index contributed by atoms with van der Waals surface area (Å²) in [7, 11) is 2.70. The number of ether oxygens (including phenoxy) is 1. The van der Waals surface area contributed by atoms with E-state index in [9.17, 15) is 29.3 Å². The van der Waals surface area contributed by atoms with Gasteiger partial charge >= 0.3 is 5.97 Å². The Morgan fingerprint density at radius 3 is 2.21 bits per heavy atom. The maximum atomic E-state index is 13.4. The fourth-order valence-electron chi connectivity index (χ4n) is 4.04. The van der Waals surface area contributed by atoms with Crippen molar-refractivity contribution in [2.75, 3.05) is 6.54 Å². The molecule has 1 heterocycles. The number of hydrogen-bond donors (Lipinski definition) is 1. The van der Waals surface area contributed by atoms with Gasteiger partial charge in [-0.3, -0.25) is 24.5 Å². The van der Waals surface area contributed by atoms with Crippen molar-refractivity contribution < 1.29 is 37.8 Å². The largest absolute Gasteiger partial charge is 0.457 e. The summed E-state index contributed by atoms with van der Waals surface area (Å²) in [5.74, 6) is -1.97. The average Bonchev–Trinajstić information content (AvgIpc) is 3.17. The predicted molar refractivity (Wildman–Crippen MR) is 140 cm³/mol. The molecule has 2 aromatic rings. The Hall–Kier alpha value is -3.89. The molecule has 5 radical (unpaired) electrons. The SMILES string of the molecule is Cc1c(C)c(C(=O)NCC(=O)ON2C(=O)CCC2=O)c([Si]O[Si])c(C(C)(C)C)c1Oc1ccc([N+](=O)[O-])cc1. The molecular weight excluding hydrogens is 542 g/mol. The molecule has 1 saturated heterocycles. The van der Waals surface area contributed by atoms with E-state index in [2.05, 4.69) is 15.8 Å². The Balaban J connectivity index is 1.98. The number of benzene rings is 2. The van der Waals surface area contributed by atoms with Gasteiger partial charge in [-0.05, 0) is 47.7 Å². The molecule has 0 unspecified atom stereocenters. The third-order valence-corrected chi connectivity index (χ3v) is 7.11. The highest BCUT2D eigenvalue weighted by Gasteiger charge is 2.34. The summed E-state index contributed by atoms with van der Waals surface area (Å²) in [6, 6.07) is 5.65. The second-order valence-electron chi connectivity index (χ2n) is 9.74. The van der Waals surface area contributed by atoms with Crippen LogP contribution in [0.4, 0.5) is 5.69 Å². The van der Waals surface area contributed by atoms with Crippen molar-refractivity contribution in [3.63, 3.8) is 0 Å². The second-order valence-corrected chi connectivity index (χ2v) is 11.3. The molecule has 0 aliphatic carbocycles. The fourth-order valence-corrected chi connectivity index (χ4v) is 5.44. The molecule has 12 nitrogen and oxygen atoms in total. The zero-order valence-electron chi connectivity index (χ0n) is 22.0. The molecule has 3 rings (SSSR count). The van der Waals surface area contributed by atoms with Gasteiger partial charge in [0.05, 0.1) is 4.92 Å². The number of nitro benzene ring substituents is 1. The van der Waals surface area contributed by atoms with Crippen molar-refractivity contribution in [1.29, 1.82) is 0 Å². The minimum absolute atomic E-state index is 0.0442. The van der Waals surface area contributed by atoms with E-state index in [4.69, 9.17) is 13.7 Å². The first-order chi connectivity index (χ1) is 18.3. The molecule has 0 bridgehead atoms. The molecule has 0 aromatic heterocycles. The van der Waals surface area contributed by atoms with E-state index in [1.807, 2.05) is 20.8 Å². The molecule has 39 heavy (non-hydrogen) atoms. The van der Waals surface area contributed by atoms with Crippen LogP contribution in [0.2, 0.25) is 0 Å². The number of hydroxylamine groups is 2. The minimum Gasteiger partial charge on any atom is -0.457 e. The van der Waals surface area contributed by atoms with Gasteiger partial charge in [0, 0.05) is 36.1 Å². The van der Waals surface area contributed by atoms with Crippen LogP contribution in [-0.4, -0.2) is 60.5 Å². The van der Waals surface area contributed by atoms with Crippen LogP contribution in [0.25, 0.3) is 0 Å². The lowest BCUT2D eigenvalue weighted by Crippen LogP contribution is -2.41. The molecule has 1 aliphatic heterocycles. The van der Waals surface area contributed by atoms with Gasteiger partial charge in [-0.15, -0.1) is 5.06 Å². The van der Waals surface area contributed by atoms with Crippen LogP contribution >= 0.6 is 0 Å². The number of rotatable bonds is 9. The van der Waals surface area contributed by atoms with Crippen LogP contribution in [0.5, 0.6) is 11.5 Å². The van der Waals surface area contributed by atoms with E-state index in [-0.39, 0.29) is 33.9 Å². The molecule has 1 N–H and O–H groups in total. The lowest BCUT2D eigenvalue weighted by molar-refractivity contribution is -0.384. The number of imide groups is 1. The Kier molecular flexibility index (Phi) is 9.04. The first-order valence-electron chi connectivity index (χ1n) is 11.8. The van der Waals surface area contributed by atoms with Crippen LogP contribution in [0.3, 0.4) is 0 Å². The highest BCUT2D eigenvalue weighted by atomic mass is 28.3. The van der Waals surface area contributed by atoms with Gasteiger partial charge in [0.1, 0.15) is 18.0 Å². The number of amides is 3. The topological polar surface area (TPSA) is 154 Å². The van der Waals surface area contributed by atoms with Gasteiger partial charge in [-0.2, -0.15) is 0 Å². The monoisotopic (exact) mass is 568 g/mol. The van der Waals surface area contributed by atoms with Crippen molar-refractivity contribution in [2.24, 2.45) is 0 Å². The molecule has 0 saturated carbocycles. The molecule has 1 fully saturated rings. The number of non-ortho nitro benzene ring substituents is 1. The van der Waals surface area contributed by atoms with Crippen molar-refractivity contribution in [3.05, 3.63) is 56.6 Å². The van der Waals surface area contributed by atoms with E-state index in [1.165, 1.54) is 24.3 Å². The number of nitrogens with one attached hydrogen (secondary N) is 1. The standard InChI is InChI=1S/C25H26N3O9Si2/c1-13-14(2)22(35-16-8-6-15(7-9-16)28(33)34)21(25(3,4)5)23(39-37-38)20(13)24(32)26-12-19(31)36-27-17(29)10-11-18(27)30/h6-9H,10-12H2,1-5H3,(H,26,32). The molecule has 0 atom stereocenters. The maximum Gasteiger partial charge on any atom is 0.352 e. The van der Waals surface area contributed by atoms with Crippen molar-refractivity contribution in [2.45, 2.75) is 52.9 Å². The van der Waals surface area contributed by atoms with Crippen LogP contribution in [-0.2, 0) is 28.8 Å². The van der Waals surface area contributed by atoms with Crippen molar-refractivity contribution >= 4 is 54.8 Å². The predicted octanol–water partition coefficient (Wildman–Crippen LogP) is 1.98. The van der Waals surface area contributed by atoms with Gasteiger partial charge in [0.2, 0.25) is 10.5 Å². The number of nitro groups is 1. The summed E-state index contributed by atoms with van der Waals surface area (Å²) in [4.78, 5) is 64.4. The lowest BCUT2D eigenvalue weighted by Gasteiger charge is -2.30. The van der Waals surface area contributed by atoms with Crippen LogP contribution in [0, 0.1) is 24.0 Å². The van der Waals surface area contributed by atoms with E-state index in [0.717, 1.165) is 0 Å². The second kappa shape index (κ2) is 11.9. The first kappa shape index (κ1) is 29.7. The molecular formula is C25H26N3O9Si2. The van der Waals surface area contributed by atoms with Gasteiger partial charge < -0.3 is 19.0 Å². The lowest BCUT2D eigenvalue weighted by atomic mass is 9.82. The van der Waals surface area contributed by atoms with E-state index >= 15 is 0 Å². The summed E-state index contributed by atoms with van der Waals surface area (Å²) < 4.78 is 11.5. The zero-order chi connectivity index (χ0) is 29.1. The summed E-state index contributed by atoms with van der Waals surface area (Å²) >= 11 is 0. The molecule has 2 aromatic carbocycles. The van der Waals surface area contributed by atoms with E-state index < -0.39 is 40.6 Å². The Morgan fingerprint density at radius 2 is 1.69 bits per heavy atom. The molecule has 0 spiro atoms. The zero-order valence-corrected chi connectivity index (χ0v) is 24.0. The van der Waals surface area contributed by atoms with E-state index in [1.54, 1.807) is 13.8 Å². The van der Waals surface area contributed by atoms with Gasteiger partial charge in [0.15, 0.2) is 0 Å². The summed E-state index contributed by atoms with van der Waals surface area (Å²) in [6.07, 6.45) is -0.0883. The fraction of sp³-hybridized carbons (Fsp3) is 0.360. The Bertz CT molecular complexity index is 1320. The van der Waals surface area contributed by atoms with Gasteiger partial charge in [0.25, 0.3) is 33.2 Å². The number of hydrogen-bond acceptors (Lipinski definition) is 9. The third-order valence-electron chi connectivity index (χ3n) is 5.99. The third kappa shape index (κ3) is 6.58. The summed E-state index contributed by atoms with van der Waals surface area (Å²) in [5.41, 5.74) is 1.51. The van der Waals surface area contributed by atoms with Gasteiger partial charge in [-0.25, -0.2) is 4.79 Å². The summed E-state index contributed by atoms with van der Waals surface area (Å²) in [6.45, 7) is 8.72. The number of carbonyl (C=O) groups excluding carboxylic acids is 4. The van der Waals surface area contributed by atoms with Crippen molar-refractivity contribution in [3.8, 4) is 11.5 Å². The average molecular weight is 569 g/mol. The molecule has 203 valence electrons. The van der Waals surface area contributed by atoms with E-state index in [0.29, 0.717) is 38.4 Å². The molecule has 14 heteroatoms. The normalized spacial score (nSPS) is 13.4. The van der Waals surface area contributed by atoms with Crippen LogP contribution in [0.1, 0.15) is 60.7 Å². The highest BCUT2D eigenvalue weighted by molar-refractivity contribution is 6.54.